The van der Waals surface area contributed by atoms with Crippen molar-refractivity contribution in [2.75, 3.05) is 13.6 Å². The van der Waals surface area contributed by atoms with Crippen LogP contribution in [0.5, 0.6) is 0 Å². The average Bonchev–Trinajstić information content (AvgIpc) is 2.56. The predicted octanol–water partition coefficient (Wildman–Crippen LogP) is 1.12. The van der Waals surface area contributed by atoms with Crippen LogP contribution >= 0.6 is 0 Å². The summed E-state index contributed by atoms with van der Waals surface area (Å²) in [6.45, 7) is 4.96. The van der Waals surface area contributed by atoms with Crippen LogP contribution in [0.4, 0.5) is 0 Å². The number of amides is 1. The minimum absolute atomic E-state index is 0.195. The number of fused-ring (bicyclic) bond motifs is 2. The fourth-order valence-electron chi connectivity index (χ4n) is 3.50. The third-order valence-electron chi connectivity index (χ3n) is 4.34. The highest BCUT2D eigenvalue weighted by Crippen LogP contribution is 2.35. The molecule has 4 nitrogen and oxygen atoms in total. The molecule has 2 saturated heterocycles. The molecule has 0 aromatic rings. The lowest BCUT2D eigenvalue weighted by atomic mass is 9.97. The lowest BCUT2D eigenvalue weighted by Crippen LogP contribution is -2.49. The SMILES string of the molecule is CNC1CC2CCC(C1)N2CCC(=O)NC(C)C. The molecule has 0 radical (unpaired) electrons. The van der Waals surface area contributed by atoms with Crippen LogP contribution in [0.15, 0.2) is 0 Å². The summed E-state index contributed by atoms with van der Waals surface area (Å²) >= 11 is 0. The zero-order valence-corrected chi connectivity index (χ0v) is 11.9. The number of nitrogens with one attached hydrogen (secondary N) is 2. The molecule has 2 heterocycles. The summed E-state index contributed by atoms with van der Waals surface area (Å²) in [4.78, 5) is 14.3. The highest BCUT2D eigenvalue weighted by Gasteiger charge is 2.39. The summed E-state index contributed by atoms with van der Waals surface area (Å²) < 4.78 is 0. The second-order valence-electron chi connectivity index (χ2n) is 6.05. The second kappa shape index (κ2) is 6.02. The van der Waals surface area contributed by atoms with Crippen LogP contribution in [0.1, 0.15) is 46.0 Å². The fraction of sp³-hybridized carbons (Fsp3) is 0.929. The molecule has 2 N–H and O–H groups in total. The number of hydrogen-bond donors (Lipinski definition) is 2. The van der Waals surface area contributed by atoms with E-state index in [1.165, 1.54) is 25.7 Å². The van der Waals surface area contributed by atoms with Gasteiger partial charge in [-0.15, -0.1) is 0 Å². The molecule has 4 heteroatoms. The predicted molar refractivity (Wildman–Crippen MR) is 73.5 cm³/mol. The first-order chi connectivity index (χ1) is 8.60. The Balaban J connectivity index is 1.79. The Hall–Kier alpha value is -0.610. The van der Waals surface area contributed by atoms with Gasteiger partial charge < -0.3 is 10.6 Å². The van der Waals surface area contributed by atoms with E-state index in [-0.39, 0.29) is 11.9 Å². The number of carbonyl (C=O) groups is 1. The van der Waals surface area contributed by atoms with E-state index in [0.717, 1.165) is 6.54 Å². The Morgan fingerprint density at radius 1 is 1.28 bits per heavy atom. The summed E-state index contributed by atoms with van der Waals surface area (Å²) in [5.41, 5.74) is 0. The van der Waals surface area contributed by atoms with E-state index >= 15 is 0 Å². The largest absolute Gasteiger partial charge is 0.354 e. The van der Waals surface area contributed by atoms with Crippen molar-refractivity contribution in [2.45, 2.75) is 70.1 Å². The summed E-state index contributed by atoms with van der Waals surface area (Å²) in [5, 5.41) is 6.38. The van der Waals surface area contributed by atoms with Crippen LogP contribution in [0.2, 0.25) is 0 Å². The molecule has 0 saturated carbocycles. The van der Waals surface area contributed by atoms with Crippen LogP contribution in [0.25, 0.3) is 0 Å². The Bertz CT molecular complexity index is 279. The van der Waals surface area contributed by atoms with Gasteiger partial charge in [0.15, 0.2) is 0 Å². The van der Waals surface area contributed by atoms with Crippen molar-refractivity contribution in [3.05, 3.63) is 0 Å². The minimum Gasteiger partial charge on any atom is -0.354 e. The van der Waals surface area contributed by atoms with Gasteiger partial charge in [-0.3, -0.25) is 9.69 Å². The van der Waals surface area contributed by atoms with E-state index in [9.17, 15) is 4.79 Å². The Morgan fingerprint density at radius 2 is 1.89 bits per heavy atom. The van der Waals surface area contributed by atoms with Gasteiger partial charge in [0.05, 0.1) is 0 Å². The van der Waals surface area contributed by atoms with E-state index < -0.39 is 0 Å². The summed E-state index contributed by atoms with van der Waals surface area (Å²) in [7, 11) is 2.07. The molecule has 0 spiro atoms. The third-order valence-corrected chi connectivity index (χ3v) is 4.34. The van der Waals surface area contributed by atoms with Crippen molar-refractivity contribution in [1.29, 1.82) is 0 Å². The van der Waals surface area contributed by atoms with Gasteiger partial charge in [-0.1, -0.05) is 0 Å². The molecule has 2 aliphatic heterocycles. The number of rotatable bonds is 5. The normalized spacial score (nSPS) is 31.9. The first-order valence-corrected chi connectivity index (χ1v) is 7.32. The maximum absolute atomic E-state index is 11.7. The van der Waals surface area contributed by atoms with Crippen LogP contribution in [-0.4, -0.2) is 48.6 Å². The zero-order valence-electron chi connectivity index (χ0n) is 11.9. The van der Waals surface area contributed by atoms with E-state index in [4.69, 9.17) is 0 Å². The van der Waals surface area contributed by atoms with Gasteiger partial charge in [0.2, 0.25) is 5.91 Å². The minimum atomic E-state index is 0.195. The molecule has 2 bridgehead atoms. The van der Waals surface area contributed by atoms with Gasteiger partial charge in [-0.2, -0.15) is 0 Å². The summed E-state index contributed by atoms with van der Waals surface area (Å²) in [6.07, 6.45) is 5.77. The molecule has 2 aliphatic rings. The van der Waals surface area contributed by atoms with Crippen molar-refractivity contribution in [3.8, 4) is 0 Å². The molecule has 0 aromatic carbocycles. The van der Waals surface area contributed by atoms with Crippen molar-refractivity contribution in [1.82, 2.24) is 15.5 Å². The second-order valence-corrected chi connectivity index (χ2v) is 6.05. The van der Waals surface area contributed by atoms with Gasteiger partial charge in [0, 0.05) is 37.1 Å². The highest BCUT2D eigenvalue weighted by molar-refractivity contribution is 5.76. The molecular weight excluding hydrogens is 226 g/mol. The standard InChI is InChI=1S/C14H27N3O/c1-10(2)16-14(18)6-7-17-12-4-5-13(17)9-11(8-12)15-3/h10-13,15H,4-9H2,1-3H3,(H,16,18). The molecule has 0 aromatic heterocycles. The quantitative estimate of drug-likeness (QED) is 0.771. The number of piperidine rings is 1. The van der Waals surface area contributed by atoms with Crippen LogP contribution < -0.4 is 10.6 Å². The number of nitrogens with zero attached hydrogens (tertiary/aromatic N) is 1. The fourth-order valence-corrected chi connectivity index (χ4v) is 3.50. The lowest BCUT2D eigenvalue weighted by molar-refractivity contribution is -0.122. The molecule has 2 fully saturated rings. The summed E-state index contributed by atoms with van der Waals surface area (Å²) in [6, 6.07) is 2.34. The molecule has 2 rings (SSSR count). The van der Waals surface area contributed by atoms with Crippen LogP contribution in [0, 0.1) is 0 Å². The molecule has 18 heavy (non-hydrogen) atoms. The maximum Gasteiger partial charge on any atom is 0.221 e. The third kappa shape index (κ3) is 3.23. The lowest BCUT2D eigenvalue weighted by Gasteiger charge is -2.38. The van der Waals surface area contributed by atoms with E-state index in [0.29, 0.717) is 24.5 Å². The van der Waals surface area contributed by atoms with Crippen molar-refractivity contribution in [3.63, 3.8) is 0 Å². The maximum atomic E-state index is 11.7. The molecule has 1 amide bonds. The smallest absolute Gasteiger partial charge is 0.221 e. The Kier molecular flexibility index (Phi) is 4.62. The van der Waals surface area contributed by atoms with Crippen molar-refractivity contribution < 1.29 is 4.79 Å². The van der Waals surface area contributed by atoms with Crippen LogP contribution in [-0.2, 0) is 4.79 Å². The Morgan fingerprint density at radius 3 is 2.39 bits per heavy atom. The zero-order chi connectivity index (χ0) is 13.1. The monoisotopic (exact) mass is 253 g/mol. The van der Waals surface area contributed by atoms with Crippen molar-refractivity contribution >= 4 is 5.91 Å². The molecule has 2 atom stereocenters. The summed E-state index contributed by atoms with van der Waals surface area (Å²) in [5.74, 6) is 0.195. The van der Waals surface area contributed by atoms with E-state index in [1.54, 1.807) is 0 Å². The average molecular weight is 253 g/mol. The Labute approximate surface area is 110 Å². The highest BCUT2D eigenvalue weighted by atomic mass is 16.1. The van der Waals surface area contributed by atoms with E-state index in [2.05, 4.69) is 22.6 Å². The molecular formula is C14H27N3O. The number of hydrogen-bond acceptors (Lipinski definition) is 3. The van der Waals surface area contributed by atoms with Crippen LogP contribution in [0.3, 0.4) is 0 Å². The van der Waals surface area contributed by atoms with Gasteiger partial charge in [0.25, 0.3) is 0 Å². The van der Waals surface area contributed by atoms with Gasteiger partial charge in [-0.25, -0.2) is 0 Å². The van der Waals surface area contributed by atoms with Gasteiger partial charge in [-0.05, 0) is 46.6 Å². The number of carbonyl (C=O) groups excluding carboxylic acids is 1. The molecule has 2 unspecified atom stereocenters. The first kappa shape index (κ1) is 13.8. The van der Waals surface area contributed by atoms with E-state index in [1.807, 2.05) is 13.8 Å². The molecule has 0 aliphatic carbocycles. The van der Waals surface area contributed by atoms with Crippen molar-refractivity contribution in [2.24, 2.45) is 0 Å². The first-order valence-electron chi connectivity index (χ1n) is 7.32. The van der Waals surface area contributed by atoms with Gasteiger partial charge >= 0.3 is 0 Å². The van der Waals surface area contributed by atoms with Gasteiger partial charge in [0.1, 0.15) is 0 Å². The molecule has 104 valence electrons. The topological polar surface area (TPSA) is 44.4 Å².